The van der Waals surface area contributed by atoms with Gasteiger partial charge in [-0.05, 0) is 31.0 Å². The van der Waals surface area contributed by atoms with E-state index in [4.69, 9.17) is 16.7 Å². The van der Waals surface area contributed by atoms with Crippen LogP contribution in [-0.4, -0.2) is 43.3 Å². The summed E-state index contributed by atoms with van der Waals surface area (Å²) in [5, 5.41) is 20.5. The molecule has 0 bridgehead atoms. The van der Waals surface area contributed by atoms with Crippen molar-refractivity contribution >= 4 is 40.9 Å². The Morgan fingerprint density at radius 3 is 2.88 bits per heavy atom. The number of aryl methyl sites for hydroxylation is 1. The van der Waals surface area contributed by atoms with Gasteiger partial charge in [0.05, 0.1) is 16.5 Å². The van der Waals surface area contributed by atoms with Gasteiger partial charge in [-0.3, -0.25) is 9.59 Å². The Balaban J connectivity index is 1.77. The van der Waals surface area contributed by atoms with Gasteiger partial charge in [0.15, 0.2) is 5.82 Å². The lowest BCUT2D eigenvalue weighted by molar-refractivity contribution is -0.133. The fourth-order valence-electron chi connectivity index (χ4n) is 2.89. The number of amides is 1. The molecule has 9 heteroatoms. The van der Waals surface area contributed by atoms with Gasteiger partial charge in [-0.25, -0.2) is 0 Å². The maximum atomic E-state index is 12.0. The van der Waals surface area contributed by atoms with Crippen LogP contribution in [0.15, 0.2) is 18.2 Å². The van der Waals surface area contributed by atoms with Crippen molar-refractivity contribution < 1.29 is 14.7 Å². The molecule has 0 radical (unpaired) electrons. The first-order valence-corrected chi connectivity index (χ1v) is 9.89. The number of aromatic nitrogens is 3. The molecule has 0 saturated heterocycles. The van der Waals surface area contributed by atoms with Gasteiger partial charge in [-0.2, -0.15) is 0 Å². The first-order valence-electron chi connectivity index (χ1n) is 8.36. The summed E-state index contributed by atoms with van der Waals surface area (Å²) in [7, 11) is 0. The number of hydrogen-bond acceptors (Lipinski definition) is 5. The van der Waals surface area contributed by atoms with Crippen LogP contribution in [0.2, 0.25) is 5.02 Å². The maximum absolute atomic E-state index is 12.0. The molecule has 1 aromatic carbocycles. The first kappa shape index (κ1) is 18.7. The zero-order valence-corrected chi connectivity index (χ0v) is 15.6. The number of carboxylic acid groups (broad SMARTS) is 1. The van der Waals surface area contributed by atoms with E-state index in [1.807, 2.05) is 0 Å². The third kappa shape index (κ3) is 4.56. The second-order valence-electron chi connectivity index (χ2n) is 6.03. The molecular weight excluding hydrogens is 376 g/mol. The molecule has 0 saturated carbocycles. The van der Waals surface area contributed by atoms with Gasteiger partial charge >= 0.3 is 5.97 Å². The van der Waals surface area contributed by atoms with Crippen molar-refractivity contribution in [2.24, 2.45) is 0 Å². The van der Waals surface area contributed by atoms with Gasteiger partial charge in [-0.15, -0.1) is 22.0 Å². The number of thioether (sulfide) groups is 1. The average Bonchev–Trinajstić information content (AvgIpc) is 2.84. The monoisotopic (exact) mass is 394 g/mol. The molecule has 0 spiro atoms. The molecule has 2 aromatic rings. The number of carbonyl (C=O) groups excluding carboxylic acids is 1. The van der Waals surface area contributed by atoms with E-state index < -0.39 is 5.97 Å². The fourth-order valence-corrected chi connectivity index (χ4v) is 3.62. The van der Waals surface area contributed by atoms with E-state index >= 15 is 0 Å². The van der Waals surface area contributed by atoms with Crippen molar-refractivity contribution in [3.8, 4) is 11.4 Å². The number of carbonyl (C=O) groups is 2. The minimum atomic E-state index is -0.941. The van der Waals surface area contributed by atoms with E-state index in [9.17, 15) is 9.59 Å². The third-order valence-electron chi connectivity index (χ3n) is 4.06. The van der Waals surface area contributed by atoms with Gasteiger partial charge in [0.1, 0.15) is 5.82 Å². The molecule has 0 unspecified atom stereocenters. The number of benzene rings is 1. The number of hydrogen-bond donors (Lipinski definition) is 2. The number of fused-ring (bicyclic) bond motifs is 1. The van der Waals surface area contributed by atoms with E-state index in [2.05, 4.69) is 20.1 Å². The summed E-state index contributed by atoms with van der Waals surface area (Å²) in [4.78, 5) is 22.5. The topological polar surface area (TPSA) is 97.1 Å². The molecule has 1 amide bonds. The molecule has 138 valence electrons. The lowest BCUT2D eigenvalue weighted by atomic mass is 10.1. The number of rotatable bonds is 6. The van der Waals surface area contributed by atoms with Crippen molar-refractivity contribution in [3.63, 3.8) is 0 Å². The lowest BCUT2D eigenvalue weighted by Gasteiger charge is -2.11. The number of halogens is 1. The van der Waals surface area contributed by atoms with Crippen LogP contribution in [-0.2, 0) is 22.6 Å². The predicted octanol–water partition coefficient (Wildman–Crippen LogP) is 3.08. The minimum Gasteiger partial charge on any atom is -0.481 e. The first-order chi connectivity index (χ1) is 12.5. The number of aliphatic carboxylic acids is 1. The molecule has 1 aromatic heterocycles. The standard InChI is InChI=1S/C17H19ClN4O3S/c18-13-6-5-11(19-15(23)9-26-10-16(24)25)8-12(13)17-21-20-14-4-2-1-3-7-22(14)17/h5-6,8H,1-4,7,9-10H2,(H,19,23)(H,24,25). The summed E-state index contributed by atoms with van der Waals surface area (Å²) in [6, 6.07) is 5.21. The Hall–Kier alpha value is -2.06. The normalized spacial score (nSPS) is 13.7. The Bertz CT molecular complexity index is 824. The summed E-state index contributed by atoms with van der Waals surface area (Å²) in [6.45, 7) is 0.858. The molecule has 1 aliphatic rings. The van der Waals surface area contributed by atoms with Crippen LogP contribution in [0.25, 0.3) is 11.4 Å². The van der Waals surface area contributed by atoms with Crippen LogP contribution < -0.4 is 5.32 Å². The molecule has 0 atom stereocenters. The minimum absolute atomic E-state index is 0.0740. The summed E-state index contributed by atoms with van der Waals surface area (Å²) >= 11 is 7.41. The SMILES string of the molecule is O=C(O)CSCC(=O)Nc1ccc(Cl)c(-c2nnc3n2CCCCC3)c1. The lowest BCUT2D eigenvalue weighted by Crippen LogP contribution is -2.15. The maximum Gasteiger partial charge on any atom is 0.313 e. The largest absolute Gasteiger partial charge is 0.481 e. The number of nitrogens with one attached hydrogen (secondary N) is 1. The molecular formula is C17H19ClN4O3S. The van der Waals surface area contributed by atoms with E-state index in [1.54, 1.807) is 18.2 Å². The van der Waals surface area contributed by atoms with Gasteiger partial charge in [-0.1, -0.05) is 18.0 Å². The van der Waals surface area contributed by atoms with Crippen molar-refractivity contribution in [1.82, 2.24) is 14.8 Å². The van der Waals surface area contributed by atoms with Crippen LogP contribution in [0, 0.1) is 0 Å². The second-order valence-corrected chi connectivity index (χ2v) is 7.42. The van der Waals surface area contributed by atoms with Crippen LogP contribution in [0.3, 0.4) is 0 Å². The highest BCUT2D eigenvalue weighted by atomic mass is 35.5. The molecule has 1 aliphatic heterocycles. The van der Waals surface area contributed by atoms with Crippen LogP contribution in [0.1, 0.15) is 25.1 Å². The average molecular weight is 395 g/mol. The van der Waals surface area contributed by atoms with Crippen molar-refractivity contribution in [2.45, 2.75) is 32.2 Å². The smallest absolute Gasteiger partial charge is 0.313 e. The molecule has 3 rings (SSSR count). The zero-order valence-electron chi connectivity index (χ0n) is 14.1. The van der Waals surface area contributed by atoms with Crippen molar-refractivity contribution in [2.75, 3.05) is 16.8 Å². The molecule has 26 heavy (non-hydrogen) atoms. The number of anilines is 1. The predicted molar refractivity (Wildman–Crippen MR) is 102 cm³/mol. The summed E-state index contributed by atoms with van der Waals surface area (Å²) in [5.41, 5.74) is 1.32. The van der Waals surface area contributed by atoms with Crippen LogP contribution >= 0.6 is 23.4 Å². The fraction of sp³-hybridized carbons (Fsp3) is 0.412. The van der Waals surface area contributed by atoms with Gasteiger partial charge in [0.25, 0.3) is 0 Å². The van der Waals surface area contributed by atoms with Gasteiger partial charge in [0.2, 0.25) is 5.91 Å². The van der Waals surface area contributed by atoms with Crippen LogP contribution in [0.4, 0.5) is 5.69 Å². The highest BCUT2D eigenvalue weighted by Gasteiger charge is 2.18. The van der Waals surface area contributed by atoms with Crippen molar-refractivity contribution in [1.29, 1.82) is 0 Å². The van der Waals surface area contributed by atoms with Gasteiger partial charge in [0, 0.05) is 24.2 Å². The molecule has 0 aliphatic carbocycles. The van der Waals surface area contributed by atoms with E-state index in [1.165, 1.54) is 6.42 Å². The van der Waals surface area contributed by atoms with Crippen molar-refractivity contribution in [3.05, 3.63) is 29.0 Å². The highest BCUT2D eigenvalue weighted by molar-refractivity contribution is 8.00. The summed E-state index contributed by atoms with van der Waals surface area (Å²) < 4.78 is 2.10. The summed E-state index contributed by atoms with van der Waals surface area (Å²) in [5.74, 6) is 0.445. The number of carboxylic acids is 1. The van der Waals surface area contributed by atoms with E-state index in [0.717, 1.165) is 49.0 Å². The molecule has 7 nitrogen and oxygen atoms in total. The zero-order chi connectivity index (χ0) is 18.5. The Morgan fingerprint density at radius 1 is 1.23 bits per heavy atom. The van der Waals surface area contributed by atoms with Crippen LogP contribution in [0.5, 0.6) is 0 Å². The molecule has 2 heterocycles. The molecule has 0 fully saturated rings. The van der Waals surface area contributed by atoms with E-state index in [0.29, 0.717) is 16.5 Å². The highest BCUT2D eigenvalue weighted by Crippen LogP contribution is 2.31. The third-order valence-corrected chi connectivity index (χ3v) is 5.31. The Morgan fingerprint density at radius 2 is 2.08 bits per heavy atom. The second kappa shape index (κ2) is 8.55. The summed E-state index contributed by atoms with van der Waals surface area (Å²) in [6.07, 6.45) is 4.26. The van der Waals surface area contributed by atoms with Gasteiger partial charge < -0.3 is 15.0 Å². The Kier molecular flexibility index (Phi) is 6.16. The quantitative estimate of drug-likeness (QED) is 0.781. The Labute approximate surface area is 160 Å². The number of nitrogens with zero attached hydrogens (tertiary/aromatic N) is 3. The van der Waals surface area contributed by atoms with E-state index in [-0.39, 0.29) is 17.4 Å². The molecule has 2 N–H and O–H groups in total.